The third-order valence-corrected chi connectivity index (χ3v) is 5.65. The Bertz CT molecular complexity index is 866. The van der Waals surface area contributed by atoms with Gasteiger partial charge < -0.3 is 15.5 Å². The van der Waals surface area contributed by atoms with E-state index >= 15 is 0 Å². The Labute approximate surface area is 161 Å². The summed E-state index contributed by atoms with van der Waals surface area (Å²) in [6, 6.07) is 8.07. The highest BCUT2D eigenvalue weighted by Crippen LogP contribution is 2.25. The van der Waals surface area contributed by atoms with E-state index in [-0.39, 0.29) is 11.8 Å². The molecule has 0 radical (unpaired) electrons. The van der Waals surface area contributed by atoms with E-state index in [9.17, 15) is 4.79 Å². The van der Waals surface area contributed by atoms with Gasteiger partial charge in [0.05, 0.1) is 22.3 Å². The smallest absolute Gasteiger partial charge is 0.224 e. The van der Waals surface area contributed by atoms with Crippen molar-refractivity contribution >= 4 is 38.4 Å². The first-order valence-corrected chi connectivity index (χ1v) is 9.99. The van der Waals surface area contributed by atoms with Gasteiger partial charge in [0.1, 0.15) is 5.82 Å². The van der Waals surface area contributed by atoms with Gasteiger partial charge in [-0.15, -0.1) is 0 Å². The number of fused-ring (bicyclic) bond motifs is 1. The lowest BCUT2D eigenvalue weighted by atomic mass is 9.97. The van der Waals surface area contributed by atoms with Crippen LogP contribution in [0.1, 0.15) is 12.8 Å². The standard InChI is InChI=1S/C19H22N6OS/c26-18(14-4-3-11-25(13-14)17-12-20-7-8-21-17)22-9-10-23-19-24-15-5-1-2-6-16(15)27-19/h1-2,5-8,12,14H,3-4,9-11,13H2,(H,22,26)(H,23,24)/t14-/m0/s1. The lowest BCUT2D eigenvalue weighted by Gasteiger charge is -2.32. The predicted octanol–water partition coefficient (Wildman–Crippen LogP) is 2.53. The first-order chi connectivity index (χ1) is 13.3. The number of para-hydroxylation sites is 1. The molecule has 0 spiro atoms. The summed E-state index contributed by atoms with van der Waals surface area (Å²) in [5.74, 6) is 0.936. The number of anilines is 2. The minimum absolute atomic E-state index is 0.0109. The molecule has 2 aromatic heterocycles. The van der Waals surface area contributed by atoms with Crippen LogP contribution < -0.4 is 15.5 Å². The second-order valence-corrected chi connectivity index (χ2v) is 7.58. The quantitative estimate of drug-likeness (QED) is 0.638. The molecular weight excluding hydrogens is 360 g/mol. The molecule has 0 aliphatic carbocycles. The normalized spacial score (nSPS) is 17.0. The molecule has 1 aromatic carbocycles. The van der Waals surface area contributed by atoms with Crippen molar-refractivity contribution in [2.24, 2.45) is 5.92 Å². The number of carbonyl (C=O) groups is 1. The highest BCUT2D eigenvalue weighted by Gasteiger charge is 2.26. The first kappa shape index (κ1) is 17.7. The SMILES string of the molecule is O=C(NCCNc1nc2ccccc2s1)[C@H]1CCCN(c2cnccn2)C1. The number of amides is 1. The fraction of sp³-hybridized carbons (Fsp3) is 0.368. The highest BCUT2D eigenvalue weighted by atomic mass is 32.1. The molecule has 0 unspecified atom stereocenters. The summed E-state index contributed by atoms with van der Waals surface area (Å²) in [5, 5.41) is 7.22. The fourth-order valence-corrected chi connectivity index (χ4v) is 4.19. The van der Waals surface area contributed by atoms with E-state index in [2.05, 4.69) is 36.6 Å². The molecule has 140 valence electrons. The summed E-state index contributed by atoms with van der Waals surface area (Å²) >= 11 is 1.63. The maximum absolute atomic E-state index is 12.5. The fourth-order valence-electron chi connectivity index (χ4n) is 3.30. The van der Waals surface area contributed by atoms with Crippen LogP contribution in [-0.4, -0.2) is 47.0 Å². The van der Waals surface area contributed by atoms with E-state index < -0.39 is 0 Å². The van der Waals surface area contributed by atoms with Gasteiger partial charge in [-0.2, -0.15) is 0 Å². The van der Waals surface area contributed by atoms with Gasteiger partial charge in [-0.25, -0.2) is 9.97 Å². The molecule has 8 heteroatoms. The number of benzene rings is 1. The van der Waals surface area contributed by atoms with Crippen molar-refractivity contribution in [3.8, 4) is 0 Å². The number of piperidine rings is 1. The molecule has 2 N–H and O–H groups in total. The van der Waals surface area contributed by atoms with Crippen LogP contribution in [0.15, 0.2) is 42.9 Å². The zero-order valence-corrected chi connectivity index (χ0v) is 15.8. The van der Waals surface area contributed by atoms with Gasteiger partial charge >= 0.3 is 0 Å². The van der Waals surface area contributed by atoms with E-state index in [1.807, 2.05) is 18.2 Å². The second kappa shape index (κ2) is 8.30. The molecule has 1 amide bonds. The van der Waals surface area contributed by atoms with E-state index in [0.29, 0.717) is 19.6 Å². The van der Waals surface area contributed by atoms with Crippen LogP contribution in [0.5, 0.6) is 0 Å². The van der Waals surface area contributed by atoms with Crippen molar-refractivity contribution in [1.29, 1.82) is 0 Å². The number of nitrogens with one attached hydrogen (secondary N) is 2. The number of nitrogens with zero attached hydrogens (tertiary/aromatic N) is 4. The van der Waals surface area contributed by atoms with Crippen LogP contribution in [-0.2, 0) is 4.79 Å². The molecule has 1 saturated heterocycles. The third-order valence-electron chi connectivity index (χ3n) is 4.66. The van der Waals surface area contributed by atoms with Gasteiger partial charge in [0.15, 0.2) is 5.13 Å². The van der Waals surface area contributed by atoms with Crippen molar-refractivity contribution in [2.45, 2.75) is 12.8 Å². The van der Waals surface area contributed by atoms with E-state index in [1.165, 1.54) is 0 Å². The molecule has 1 aliphatic rings. The van der Waals surface area contributed by atoms with Gasteiger partial charge in [-0.3, -0.25) is 9.78 Å². The Morgan fingerprint density at radius 1 is 1.26 bits per heavy atom. The van der Waals surface area contributed by atoms with Crippen molar-refractivity contribution in [1.82, 2.24) is 20.3 Å². The summed E-state index contributed by atoms with van der Waals surface area (Å²) in [6.07, 6.45) is 7.00. The molecule has 27 heavy (non-hydrogen) atoms. The molecule has 0 bridgehead atoms. The average molecular weight is 382 g/mol. The summed E-state index contributed by atoms with van der Waals surface area (Å²) in [5.41, 5.74) is 1.00. The van der Waals surface area contributed by atoms with Crippen LogP contribution in [0, 0.1) is 5.92 Å². The van der Waals surface area contributed by atoms with E-state index in [0.717, 1.165) is 40.6 Å². The second-order valence-electron chi connectivity index (χ2n) is 6.55. The van der Waals surface area contributed by atoms with E-state index in [4.69, 9.17) is 0 Å². The Morgan fingerprint density at radius 2 is 2.19 bits per heavy atom. The lowest BCUT2D eigenvalue weighted by Crippen LogP contribution is -2.44. The summed E-state index contributed by atoms with van der Waals surface area (Å²) in [4.78, 5) is 27.6. The van der Waals surface area contributed by atoms with Crippen molar-refractivity contribution in [3.05, 3.63) is 42.9 Å². The van der Waals surface area contributed by atoms with Crippen LogP contribution >= 0.6 is 11.3 Å². The molecule has 0 saturated carbocycles. The summed E-state index contributed by atoms with van der Waals surface area (Å²) in [7, 11) is 0. The maximum Gasteiger partial charge on any atom is 0.224 e. The van der Waals surface area contributed by atoms with Gasteiger partial charge in [0, 0.05) is 38.6 Å². The number of hydrogen-bond donors (Lipinski definition) is 2. The topological polar surface area (TPSA) is 83.0 Å². The number of hydrogen-bond acceptors (Lipinski definition) is 7. The van der Waals surface area contributed by atoms with Crippen molar-refractivity contribution in [3.63, 3.8) is 0 Å². The first-order valence-electron chi connectivity index (χ1n) is 9.18. The Balaban J connectivity index is 1.24. The monoisotopic (exact) mass is 382 g/mol. The molecular formula is C19H22N6OS. The molecule has 3 heterocycles. The number of rotatable bonds is 6. The minimum Gasteiger partial charge on any atom is -0.360 e. The molecule has 1 atom stereocenters. The Morgan fingerprint density at radius 3 is 3.04 bits per heavy atom. The molecule has 1 fully saturated rings. The van der Waals surface area contributed by atoms with Gasteiger partial charge in [0.2, 0.25) is 5.91 Å². The predicted molar refractivity (Wildman–Crippen MR) is 108 cm³/mol. The zero-order chi connectivity index (χ0) is 18.5. The summed E-state index contributed by atoms with van der Waals surface area (Å²) in [6.45, 7) is 2.85. The van der Waals surface area contributed by atoms with E-state index in [1.54, 1.807) is 29.9 Å². The van der Waals surface area contributed by atoms with Crippen LogP contribution in [0.2, 0.25) is 0 Å². The molecule has 7 nitrogen and oxygen atoms in total. The average Bonchev–Trinajstić information content (AvgIpc) is 3.15. The lowest BCUT2D eigenvalue weighted by molar-refractivity contribution is -0.125. The van der Waals surface area contributed by atoms with Gasteiger partial charge in [-0.05, 0) is 25.0 Å². The molecule has 1 aliphatic heterocycles. The van der Waals surface area contributed by atoms with Gasteiger partial charge in [-0.1, -0.05) is 23.5 Å². The molecule has 3 aromatic rings. The number of aromatic nitrogens is 3. The largest absolute Gasteiger partial charge is 0.360 e. The number of thiazole rings is 1. The van der Waals surface area contributed by atoms with Crippen LogP contribution in [0.25, 0.3) is 10.2 Å². The van der Waals surface area contributed by atoms with Gasteiger partial charge in [0.25, 0.3) is 0 Å². The maximum atomic E-state index is 12.5. The Hall–Kier alpha value is -2.74. The Kier molecular flexibility index (Phi) is 5.43. The van der Waals surface area contributed by atoms with Crippen molar-refractivity contribution in [2.75, 3.05) is 36.4 Å². The minimum atomic E-state index is -0.0109. The van der Waals surface area contributed by atoms with Crippen LogP contribution in [0.3, 0.4) is 0 Å². The highest BCUT2D eigenvalue weighted by molar-refractivity contribution is 7.22. The zero-order valence-electron chi connectivity index (χ0n) is 15.0. The van der Waals surface area contributed by atoms with Crippen LogP contribution in [0.4, 0.5) is 10.9 Å². The third kappa shape index (κ3) is 4.33. The summed E-state index contributed by atoms with van der Waals surface area (Å²) < 4.78 is 1.16. The number of carbonyl (C=O) groups excluding carboxylic acids is 1. The van der Waals surface area contributed by atoms with Crippen molar-refractivity contribution < 1.29 is 4.79 Å². The molecule has 4 rings (SSSR count).